The molecule has 1 N–H and O–H groups in total. The van der Waals surface area contributed by atoms with Gasteiger partial charge < -0.3 is 14.8 Å². The molecule has 0 fully saturated rings. The molecule has 0 saturated carbocycles. The summed E-state index contributed by atoms with van der Waals surface area (Å²) in [7, 11) is 1.70. The first kappa shape index (κ1) is 15.9. The summed E-state index contributed by atoms with van der Waals surface area (Å²) in [6.07, 6.45) is 0.879. The standard InChI is InChI=1S/C21H21NO2/c1-23-20-13-7-5-9-17(20)15-16-22-19-12-6-8-14-21(19)24-18-10-3-2-4-11-18/h2-14,22H,15-16H2,1H3. The fraction of sp³-hybridized carbons (Fsp3) is 0.143. The van der Waals surface area contributed by atoms with Crippen molar-refractivity contribution in [3.05, 3.63) is 84.4 Å². The zero-order valence-corrected chi connectivity index (χ0v) is 13.7. The highest BCUT2D eigenvalue weighted by molar-refractivity contribution is 5.57. The van der Waals surface area contributed by atoms with E-state index in [0.717, 1.165) is 35.9 Å². The number of para-hydroxylation sites is 4. The maximum atomic E-state index is 5.97. The van der Waals surface area contributed by atoms with Crippen molar-refractivity contribution in [1.82, 2.24) is 0 Å². The van der Waals surface area contributed by atoms with Crippen LogP contribution >= 0.6 is 0 Å². The SMILES string of the molecule is COc1ccccc1CCNc1ccccc1Oc1ccccc1. The van der Waals surface area contributed by atoms with Gasteiger partial charge in [0.1, 0.15) is 11.5 Å². The molecule has 3 aromatic carbocycles. The second-order valence-corrected chi connectivity index (χ2v) is 5.40. The summed E-state index contributed by atoms with van der Waals surface area (Å²) in [6, 6.07) is 25.9. The van der Waals surface area contributed by atoms with Gasteiger partial charge in [-0.15, -0.1) is 0 Å². The molecule has 0 heterocycles. The molecule has 0 bridgehead atoms. The normalized spacial score (nSPS) is 10.2. The van der Waals surface area contributed by atoms with Crippen LogP contribution in [0.5, 0.6) is 17.2 Å². The zero-order valence-electron chi connectivity index (χ0n) is 13.7. The van der Waals surface area contributed by atoms with E-state index in [0.29, 0.717) is 0 Å². The highest BCUT2D eigenvalue weighted by Gasteiger charge is 2.05. The van der Waals surface area contributed by atoms with Crippen LogP contribution in [-0.2, 0) is 6.42 Å². The number of hydrogen-bond donors (Lipinski definition) is 1. The average molecular weight is 319 g/mol. The highest BCUT2D eigenvalue weighted by Crippen LogP contribution is 2.29. The summed E-state index contributed by atoms with van der Waals surface area (Å²) in [5.41, 5.74) is 2.17. The molecule has 0 aliphatic carbocycles. The Labute approximate surface area is 142 Å². The molecule has 24 heavy (non-hydrogen) atoms. The lowest BCUT2D eigenvalue weighted by Crippen LogP contribution is -2.06. The van der Waals surface area contributed by atoms with Crippen LogP contribution in [0.3, 0.4) is 0 Å². The van der Waals surface area contributed by atoms with Crippen LogP contribution in [0.2, 0.25) is 0 Å². The fourth-order valence-electron chi connectivity index (χ4n) is 2.56. The Morgan fingerprint density at radius 2 is 1.42 bits per heavy atom. The van der Waals surface area contributed by atoms with E-state index in [1.54, 1.807) is 7.11 Å². The molecule has 0 amide bonds. The van der Waals surface area contributed by atoms with E-state index in [2.05, 4.69) is 11.4 Å². The quantitative estimate of drug-likeness (QED) is 0.654. The molecule has 3 nitrogen and oxygen atoms in total. The topological polar surface area (TPSA) is 30.5 Å². The number of benzene rings is 3. The molecule has 0 atom stereocenters. The van der Waals surface area contributed by atoms with Crippen LogP contribution in [-0.4, -0.2) is 13.7 Å². The van der Waals surface area contributed by atoms with Crippen molar-refractivity contribution in [3.63, 3.8) is 0 Å². The molecule has 0 spiro atoms. The van der Waals surface area contributed by atoms with Gasteiger partial charge in [0.15, 0.2) is 5.75 Å². The first-order valence-electron chi connectivity index (χ1n) is 8.04. The number of anilines is 1. The third kappa shape index (κ3) is 4.07. The van der Waals surface area contributed by atoms with Gasteiger partial charge in [0, 0.05) is 6.54 Å². The largest absolute Gasteiger partial charge is 0.496 e. The van der Waals surface area contributed by atoms with E-state index in [9.17, 15) is 0 Å². The van der Waals surface area contributed by atoms with E-state index in [1.807, 2.05) is 72.8 Å². The van der Waals surface area contributed by atoms with Crippen molar-refractivity contribution < 1.29 is 9.47 Å². The van der Waals surface area contributed by atoms with Crippen LogP contribution in [0, 0.1) is 0 Å². The first-order chi connectivity index (χ1) is 11.9. The van der Waals surface area contributed by atoms with Gasteiger partial charge in [-0.3, -0.25) is 0 Å². The molecule has 3 heteroatoms. The van der Waals surface area contributed by atoms with Crippen molar-refractivity contribution in [2.75, 3.05) is 19.0 Å². The minimum atomic E-state index is 0.801. The molecule has 0 radical (unpaired) electrons. The Morgan fingerprint density at radius 3 is 2.21 bits per heavy atom. The van der Waals surface area contributed by atoms with E-state index in [-0.39, 0.29) is 0 Å². The van der Waals surface area contributed by atoms with E-state index < -0.39 is 0 Å². The smallest absolute Gasteiger partial charge is 0.150 e. The summed E-state index contributed by atoms with van der Waals surface area (Å²) in [6.45, 7) is 0.801. The third-order valence-corrected chi connectivity index (χ3v) is 3.76. The average Bonchev–Trinajstić information content (AvgIpc) is 2.64. The van der Waals surface area contributed by atoms with Gasteiger partial charge in [0.25, 0.3) is 0 Å². The monoisotopic (exact) mass is 319 g/mol. The molecule has 3 rings (SSSR count). The van der Waals surface area contributed by atoms with Crippen molar-refractivity contribution in [1.29, 1.82) is 0 Å². The maximum absolute atomic E-state index is 5.97. The lowest BCUT2D eigenvalue weighted by Gasteiger charge is -2.14. The van der Waals surface area contributed by atoms with Crippen molar-refractivity contribution in [3.8, 4) is 17.2 Å². The predicted molar refractivity (Wildman–Crippen MR) is 98.1 cm³/mol. The van der Waals surface area contributed by atoms with Crippen LogP contribution in [0.15, 0.2) is 78.9 Å². The van der Waals surface area contributed by atoms with Gasteiger partial charge in [0.2, 0.25) is 0 Å². The molecule has 0 aliphatic rings. The van der Waals surface area contributed by atoms with Gasteiger partial charge in [0.05, 0.1) is 12.8 Å². The van der Waals surface area contributed by atoms with E-state index in [1.165, 1.54) is 5.56 Å². The fourth-order valence-corrected chi connectivity index (χ4v) is 2.56. The number of rotatable bonds is 7. The summed E-state index contributed by atoms with van der Waals surface area (Å²) < 4.78 is 11.4. The second-order valence-electron chi connectivity index (χ2n) is 5.40. The predicted octanol–water partition coefficient (Wildman–Crippen LogP) is 5.14. The van der Waals surface area contributed by atoms with Crippen LogP contribution in [0.4, 0.5) is 5.69 Å². The summed E-state index contributed by atoms with van der Waals surface area (Å²) in [5, 5.41) is 3.45. The number of methoxy groups -OCH3 is 1. The Bertz CT molecular complexity index is 772. The summed E-state index contributed by atoms with van der Waals surface area (Å²) in [4.78, 5) is 0. The third-order valence-electron chi connectivity index (χ3n) is 3.76. The van der Waals surface area contributed by atoms with Gasteiger partial charge in [-0.1, -0.05) is 48.5 Å². The van der Waals surface area contributed by atoms with E-state index in [4.69, 9.17) is 9.47 Å². The molecule has 0 aliphatic heterocycles. The van der Waals surface area contributed by atoms with Crippen LogP contribution < -0.4 is 14.8 Å². The Hall–Kier alpha value is -2.94. The van der Waals surface area contributed by atoms with Crippen LogP contribution in [0.1, 0.15) is 5.56 Å². The lowest BCUT2D eigenvalue weighted by atomic mass is 10.1. The van der Waals surface area contributed by atoms with Gasteiger partial charge in [-0.05, 0) is 42.3 Å². The second kappa shape index (κ2) is 8.06. The van der Waals surface area contributed by atoms with Crippen molar-refractivity contribution in [2.45, 2.75) is 6.42 Å². The molecule has 3 aromatic rings. The lowest BCUT2D eigenvalue weighted by molar-refractivity contribution is 0.410. The molecular weight excluding hydrogens is 298 g/mol. The number of nitrogens with one attached hydrogen (secondary N) is 1. The van der Waals surface area contributed by atoms with E-state index >= 15 is 0 Å². The molecular formula is C21H21NO2. The minimum Gasteiger partial charge on any atom is -0.496 e. The van der Waals surface area contributed by atoms with Crippen LogP contribution in [0.25, 0.3) is 0 Å². The minimum absolute atomic E-state index is 0.801. The first-order valence-corrected chi connectivity index (χ1v) is 8.04. The van der Waals surface area contributed by atoms with Gasteiger partial charge >= 0.3 is 0 Å². The van der Waals surface area contributed by atoms with Gasteiger partial charge in [-0.2, -0.15) is 0 Å². The number of hydrogen-bond acceptors (Lipinski definition) is 3. The zero-order chi connectivity index (χ0) is 16.6. The molecule has 0 aromatic heterocycles. The van der Waals surface area contributed by atoms with Gasteiger partial charge in [-0.25, -0.2) is 0 Å². The molecule has 0 unspecified atom stereocenters. The Balaban J connectivity index is 1.65. The van der Waals surface area contributed by atoms with Crippen molar-refractivity contribution >= 4 is 5.69 Å². The Kier molecular flexibility index (Phi) is 5.36. The maximum Gasteiger partial charge on any atom is 0.150 e. The summed E-state index contributed by atoms with van der Waals surface area (Å²) >= 11 is 0. The highest BCUT2D eigenvalue weighted by atomic mass is 16.5. The number of ether oxygens (including phenoxy) is 2. The Morgan fingerprint density at radius 1 is 0.750 bits per heavy atom. The molecule has 122 valence electrons. The van der Waals surface area contributed by atoms with Crippen molar-refractivity contribution in [2.24, 2.45) is 0 Å². The summed E-state index contributed by atoms with van der Waals surface area (Å²) in [5.74, 6) is 2.58. The molecule has 0 saturated heterocycles.